The number of hydrogen-bond donors (Lipinski definition) is 1. The lowest BCUT2D eigenvalue weighted by Crippen LogP contribution is -2.31. The van der Waals surface area contributed by atoms with Gasteiger partial charge in [0.2, 0.25) is 10.0 Å². The summed E-state index contributed by atoms with van der Waals surface area (Å²) in [6.07, 6.45) is 0.799. The molecular weight excluding hydrogens is 475 g/mol. The van der Waals surface area contributed by atoms with Gasteiger partial charge in [-0.3, -0.25) is 4.79 Å². The molecule has 0 unspecified atom stereocenters. The van der Waals surface area contributed by atoms with E-state index >= 15 is 0 Å². The molecule has 0 fully saturated rings. The van der Waals surface area contributed by atoms with Crippen molar-refractivity contribution in [3.05, 3.63) is 42.7 Å². The Kier molecular flexibility index (Phi) is 7.24. The highest BCUT2D eigenvalue weighted by atomic mass is 79.9. The molecule has 1 heterocycles. The molecule has 0 saturated carbocycles. The third-order valence-electron chi connectivity index (χ3n) is 2.92. The lowest BCUT2D eigenvalue weighted by molar-refractivity contribution is -0.143. The first-order valence-electron chi connectivity index (χ1n) is 6.96. The van der Waals surface area contributed by atoms with Crippen molar-refractivity contribution in [3.63, 3.8) is 0 Å². The van der Waals surface area contributed by atoms with Crippen LogP contribution in [0.5, 0.6) is 0 Å². The molecule has 0 saturated heterocycles. The molecule has 0 amide bonds. The zero-order valence-corrected chi connectivity index (χ0v) is 17.6. The van der Waals surface area contributed by atoms with Gasteiger partial charge in [-0.25, -0.2) is 13.4 Å². The highest BCUT2D eigenvalue weighted by molar-refractivity contribution is 9.10. The topological polar surface area (TPSA) is 85.4 Å². The first-order chi connectivity index (χ1) is 11.7. The van der Waals surface area contributed by atoms with Gasteiger partial charge in [-0.15, -0.1) is 11.3 Å². The number of hydrogen-bond acceptors (Lipinski definition) is 6. The minimum Gasteiger partial charge on any atom is -0.458 e. The van der Waals surface area contributed by atoms with E-state index in [9.17, 15) is 13.2 Å². The minimum atomic E-state index is -4.07. The number of benzene rings is 1. The first kappa shape index (κ1) is 20.6. The lowest BCUT2D eigenvalue weighted by Gasteiger charge is -2.10. The van der Waals surface area contributed by atoms with Crippen LogP contribution in [0.2, 0.25) is 10.0 Å². The van der Waals surface area contributed by atoms with Crippen LogP contribution >= 0.6 is 50.5 Å². The Morgan fingerprint density at radius 3 is 2.56 bits per heavy atom. The van der Waals surface area contributed by atoms with Gasteiger partial charge in [-0.1, -0.05) is 46.1 Å². The Balaban J connectivity index is 1.96. The molecule has 1 N–H and O–H groups in total. The number of thiazole rings is 1. The van der Waals surface area contributed by atoms with E-state index in [0.717, 1.165) is 11.4 Å². The van der Waals surface area contributed by atoms with Crippen LogP contribution in [0.1, 0.15) is 17.6 Å². The van der Waals surface area contributed by atoms with Crippen molar-refractivity contribution >= 4 is 66.5 Å². The van der Waals surface area contributed by atoms with Crippen molar-refractivity contribution in [2.75, 3.05) is 6.54 Å². The van der Waals surface area contributed by atoms with Gasteiger partial charge in [-0.05, 0) is 18.6 Å². The molecule has 0 bridgehead atoms. The van der Waals surface area contributed by atoms with Crippen molar-refractivity contribution in [1.82, 2.24) is 9.71 Å². The summed E-state index contributed by atoms with van der Waals surface area (Å²) in [5, 5.41) is 2.60. The Labute approximate surface area is 167 Å². The smallest absolute Gasteiger partial charge is 0.321 e. The van der Waals surface area contributed by atoms with Crippen LogP contribution in [0.25, 0.3) is 0 Å². The number of halogens is 3. The fourth-order valence-electron chi connectivity index (χ4n) is 1.79. The standard InChI is InChI=1S/C14H13BrCl2N2O4S2/c1-2-12-19-9(7-24-12)6-23-13(20)5-18-25(21,22)14-10(16)3-8(15)4-11(14)17/h3-4,7,18H,2,5-6H2,1H3. The van der Waals surface area contributed by atoms with E-state index in [1.807, 2.05) is 6.92 Å². The largest absolute Gasteiger partial charge is 0.458 e. The van der Waals surface area contributed by atoms with E-state index in [-0.39, 0.29) is 21.5 Å². The monoisotopic (exact) mass is 486 g/mol. The highest BCUT2D eigenvalue weighted by Crippen LogP contribution is 2.32. The molecule has 25 heavy (non-hydrogen) atoms. The van der Waals surface area contributed by atoms with Gasteiger partial charge in [0.1, 0.15) is 18.0 Å². The maximum atomic E-state index is 12.3. The predicted molar refractivity (Wildman–Crippen MR) is 101 cm³/mol. The molecule has 0 aliphatic carbocycles. The molecule has 0 aliphatic heterocycles. The van der Waals surface area contributed by atoms with Crippen molar-refractivity contribution in [2.45, 2.75) is 24.8 Å². The van der Waals surface area contributed by atoms with Gasteiger partial charge in [0.05, 0.1) is 20.7 Å². The zero-order valence-electron chi connectivity index (χ0n) is 12.9. The lowest BCUT2D eigenvalue weighted by atomic mass is 10.4. The second-order valence-electron chi connectivity index (χ2n) is 4.77. The summed E-state index contributed by atoms with van der Waals surface area (Å²) < 4.78 is 32.2. The maximum absolute atomic E-state index is 12.3. The van der Waals surface area contributed by atoms with Crippen molar-refractivity contribution in [2.24, 2.45) is 0 Å². The van der Waals surface area contributed by atoms with Crippen LogP contribution < -0.4 is 4.72 Å². The fourth-order valence-corrected chi connectivity index (χ4v) is 5.43. The van der Waals surface area contributed by atoms with Crippen LogP contribution in [0, 0.1) is 0 Å². The molecule has 136 valence electrons. The molecule has 6 nitrogen and oxygen atoms in total. The molecule has 1 aromatic heterocycles. The van der Waals surface area contributed by atoms with E-state index in [1.54, 1.807) is 5.38 Å². The predicted octanol–water partition coefficient (Wildman–Crippen LogP) is 3.80. The molecule has 1 aromatic carbocycles. The summed E-state index contributed by atoms with van der Waals surface area (Å²) >= 11 is 16.5. The second kappa shape index (κ2) is 8.79. The molecule has 0 radical (unpaired) electrons. The number of nitrogens with zero attached hydrogens (tertiary/aromatic N) is 1. The minimum absolute atomic E-state index is 0.0170. The quantitative estimate of drug-likeness (QED) is 0.600. The summed E-state index contributed by atoms with van der Waals surface area (Å²) in [5.74, 6) is -0.737. The second-order valence-corrected chi connectivity index (χ2v) is 9.15. The van der Waals surface area contributed by atoms with Gasteiger partial charge in [0.15, 0.2) is 0 Å². The molecule has 2 rings (SSSR count). The first-order valence-corrected chi connectivity index (χ1v) is 10.9. The summed E-state index contributed by atoms with van der Waals surface area (Å²) in [5.41, 5.74) is 0.622. The van der Waals surface area contributed by atoms with E-state index in [0.29, 0.717) is 10.2 Å². The van der Waals surface area contributed by atoms with Crippen LogP contribution in [0.15, 0.2) is 26.9 Å². The van der Waals surface area contributed by atoms with Crippen molar-refractivity contribution in [3.8, 4) is 0 Å². The third-order valence-corrected chi connectivity index (χ3v) is 6.74. The van der Waals surface area contributed by atoms with Crippen molar-refractivity contribution < 1.29 is 17.9 Å². The third kappa shape index (κ3) is 5.63. The fraction of sp³-hybridized carbons (Fsp3) is 0.286. The maximum Gasteiger partial charge on any atom is 0.321 e. The van der Waals surface area contributed by atoms with Crippen molar-refractivity contribution in [1.29, 1.82) is 0 Å². The number of carbonyl (C=O) groups is 1. The molecule has 2 aromatic rings. The van der Waals surface area contributed by atoms with Gasteiger partial charge in [0, 0.05) is 9.85 Å². The number of sulfonamides is 1. The summed E-state index contributed by atoms with van der Waals surface area (Å²) in [4.78, 5) is 15.7. The van der Waals surface area contributed by atoms with Gasteiger partial charge < -0.3 is 4.74 Å². The normalized spacial score (nSPS) is 11.5. The van der Waals surface area contributed by atoms with Gasteiger partial charge in [0.25, 0.3) is 0 Å². The Morgan fingerprint density at radius 2 is 2.00 bits per heavy atom. The number of esters is 1. The molecular formula is C14H13BrCl2N2O4S2. The average Bonchev–Trinajstić information content (AvgIpc) is 2.97. The number of aryl methyl sites for hydroxylation is 1. The molecule has 0 spiro atoms. The Bertz CT molecular complexity index is 864. The highest BCUT2D eigenvalue weighted by Gasteiger charge is 2.23. The Hall–Kier alpha value is -0.710. The SMILES string of the molecule is CCc1nc(COC(=O)CNS(=O)(=O)c2c(Cl)cc(Br)cc2Cl)cs1. The van der Waals surface area contributed by atoms with Crippen LogP contribution in [0.4, 0.5) is 0 Å². The van der Waals surface area contributed by atoms with E-state index in [4.69, 9.17) is 27.9 Å². The van der Waals surface area contributed by atoms with Gasteiger partial charge >= 0.3 is 5.97 Å². The summed E-state index contributed by atoms with van der Waals surface area (Å²) in [6.45, 7) is 1.41. The van der Waals surface area contributed by atoms with E-state index in [1.165, 1.54) is 23.5 Å². The van der Waals surface area contributed by atoms with Crippen LogP contribution in [-0.2, 0) is 32.6 Å². The average molecular weight is 488 g/mol. The summed E-state index contributed by atoms with van der Waals surface area (Å²) in [7, 11) is -4.07. The number of aromatic nitrogens is 1. The molecule has 11 heteroatoms. The zero-order chi connectivity index (χ0) is 18.6. The number of nitrogens with one attached hydrogen (secondary N) is 1. The number of ether oxygens (including phenoxy) is 1. The van der Waals surface area contributed by atoms with Crippen LogP contribution in [0.3, 0.4) is 0 Å². The van der Waals surface area contributed by atoms with Crippen LogP contribution in [-0.4, -0.2) is 25.9 Å². The molecule has 0 aliphatic rings. The Morgan fingerprint density at radius 1 is 1.36 bits per heavy atom. The molecule has 0 atom stereocenters. The van der Waals surface area contributed by atoms with E-state index < -0.39 is 22.5 Å². The summed E-state index contributed by atoms with van der Waals surface area (Å²) in [6, 6.07) is 2.79. The number of rotatable bonds is 7. The van der Waals surface area contributed by atoms with E-state index in [2.05, 4.69) is 25.6 Å². The number of carbonyl (C=O) groups excluding carboxylic acids is 1. The van der Waals surface area contributed by atoms with Gasteiger partial charge in [-0.2, -0.15) is 4.72 Å².